The zero-order chi connectivity index (χ0) is 16.7. The van der Waals surface area contributed by atoms with E-state index in [0.29, 0.717) is 36.1 Å². The van der Waals surface area contributed by atoms with Crippen LogP contribution in [0.1, 0.15) is 51.9 Å². The van der Waals surface area contributed by atoms with Gasteiger partial charge in [-0.3, -0.25) is 13.9 Å². The fourth-order valence-corrected chi connectivity index (χ4v) is 3.84. The quantitative estimate of drug-likeness (QED) is 0.817. The fourth-order valence-electron chi connectivity index (χ4n) is 3.84. The average Bonchev–Trinajstić information content (AvgIpc) is 2.88. The maximum absolute atomic E-state index is 13.0. The summed E-state index contributed by atoms with van der Waals surface area (Å²) in [7, 11) is 0. The van der Waals surface area contributed by atoms with Gasteiger partial charge in [0.1, 0.15) is 0 Å². The molecular formula is C18H26N4O2. The molecule has 0 radical (unpaired) electrons. The van der Waals surface area contributed by atoms with Gasteiger partial charge < -0.3 is 4.57 Å². The molecule has 2 aromatic rings. The van der Waals surface area contributed by atoms with E-state index in [1.165, 1.54) is 30.3 Å². The van der Waals surface area contributed by atoms with Crippen LogP contribution in [0, 0.1) is 11.8 Å². The Morgan fingerprint density at radius 2 is 1.67 bits per heavy atom. The van der Waals surface area contributed by atoms with Gasteiger partial charge in [0.05, 0.1) is 6.33 Å². The lowest BCUT2D eigenvalue weighted by molar-refractivity contribution is 0.255. The first-order chi connectivity index (χ1) is 11.7. The summed E-state index contributed by atoms with van der Waals surface area (Å²) in [5.41, 5.74) is 0.871. The molecule has 0 unspecified atom stereocenters. The minimum atomic E-state index is -0.159. The molecule has 2 saturated carbocycles. The van der Waals surface area contributed by atoms with E-state index >= 15 is 0 Å². The maximum atomic E-state index is 13.0. The van der Waals surface area contributed by atoms with Gasteiger partial charge in [0, 0.05) is 19.6 Å². The van der Waals surface area contributed by atoms with Crippen LogP contribution in [0.5, 0.6) is 0 Å². The molecule has 2 heterocycles. The molecule has 24 heavy (non-hydrogen) atoms. The smallest absolute Gasteiger partial charge is 0.325 e. The van der Waals surface area contributed by atoms with Crippen molar-refractivity contribution in [3.05, 3.63) is 27.2 Å². The highest BCUT2D eigenvalue weighted by Gasteiger charge is 2.25. The van der Waals surface area contributed by atoms with Crippen LogP contribution in [0.15, 0.2) is 15.9 Å². The van der Waals surface area contributed by atoms with Crippen LogP contribution in [0.2, 0.25) is 0 Å². The predicted molar refractivity (Wildman–Crippen MR) is 93.2 cm³/mol. The number of aromatic nitrogens is 4. The summed E-state index contributed by atoms with van der Waals surface area (Å²) < 4.78 is 5.18. The highest BCUT2D eigenvalue weighted by atomic mass is 16.2. The topological polar surface area (TPSA) is 61.8 Å². The second-order valence-corrected chi connectivity index (χ2v) is 7.51. The highest BCUT2D eigenvalue weighted by molar-refractivity contribution is 5.70. The fraction of sp³-hybridized carbons (Fsp3) is 0.722. The molecule has 0 saturated heterocycles. The molecule has 4 rings (SSSR count). The van der Waals surface area contributed by atoms with Gasteiger partial charge in [-0.1, -0.05) is 19.8 Å². The van der Waals surface area contributed by atoms with E-state index in [2.05, 4.69) is 11.9 Å². The SMILES string of the molecule is CCCn1cnc2c1c(=O)n(CC1CCC1)c(=O)n2CC1CCC1. The first kappa shape index (κ1) is 15.7. The first-order valence-corrected chi connectivity index (χ1v) is 9.37. The van der Waals surface area contributed by atoms with Gasteiger partial charge in [0.15, 0.2) is 11.2 Å². The van der Waals surface area contributed by atoms with E-state index in [1.807, 2.05) is 4.57 Å². The van der Waals surface area contributed by atoms with Crippen molar-refractivity contribution in [3.63, 3.8) is 0 Å². The lowest BCUT2D eigenvalue weighted by Crippen LogP contribution is -2.44. The average molecular weight is 330 g/mol. The third-order valence-electron chi connectivity index (χ3n) is 5.78. The monoisotopic (exact) mass is 330 g/mol. The third-order valence-corrected chi connectivity index (χ3v) is 5.78. The van der Waals surface area contributed by atoms with Crippen molar-refractivity contribution in [2.75, 3.05) is 0 Å². The standard InChI is InChI=1S/C18H26N4O2/c1-2-9-20-12-19-16-15(20)17(23)22(11-14-7-4-8-14)18(24)21(16)10-13-5-3-6-13/h12-14H,2-11H2,1H3. The number of fused-ring (bicyclic) bond motifs is 1. The third kappa shape index (κ3) is 2.52. The van der Waals surface area contributed by atoms with Crippen LogP contribution in [0.4, 0.5) is 0 Å². The molecule has 0 amide bonds. The predicted octanol–water partition coefficient (Wildman–Crippen LogP) is 2.37. The normalized spacial score (nSPS) is 18.7. The van der Waals surface area contributed by atoms with Crippen molar-refractivity contribution in [2.45, 2.75) is 71.5 Å². The molecule has 0 atom stereocenters. The van der Waals surface area contributed by atoms with Crippen LogP contribution in [-0.4, -0.2) is 18.7 Å². The summed E-state index contributed by atoms with van der Waals surface area (Å²) in [5.74, 6) is 1.03. The van der Waals surface area contributed by atoms with Crippen molar-refractivity contribution < 1.29 is 0 Å². The Labute approximate surface area is 141 Å². The summed E-state index contributed by atoms with van der Waals surface area (Å²) in [6.07, 6.45) is 9.72. The molecule has 0 aromatic carbocycles. The number of hydrogen-bond donors (Lipinski definition) is 0. The molecule has 0 aliphatic heterocycles. The van der Waals surface area contributed by atoms with Crippen LogP contribution >= 0.6 is 0 Å². The molecular weight excluding hydrogens is 304 g/mol. The van der Waals surface area contributed by atoms with Crippen LogP contribution in [0.3, 0.4) is 0 Å². The van der Waals surface area contributed by atoms with Gasteiger partial charge >= 0.3 is 5.69 Å². The summed E-state index contributed by atoms with van der Waals surface area (Å²) in [5, 5.41) is 0. The van der Waals surface area contributed by atoms with Crippen molar-refractivity contribution in [1.29, 1.82) is 0 Å². The second-order valence-electron chi connectivity index (χ2n) is 7.51. The van der Waals surface area contributed by atoms with E-state index in [1.54, 1.807) is 10.9 Å². The lowest BCUT2D eigenvalue weighted by atomic mass is 9.85. The van der Waals surface area contributed by atoms with Gasteiger partial charge in [0.25, 0.3) is 5.56 Å². The highest BCUT2D eigenvalue weighted by Crippen LogP contribution is 2.29. The molecule has 6 heteroatoms. The van der Waals surface area contributed by atoms with Crippen molar-refractivity contribution in [2.24, 2.45) is 11.8 Å². The van der Waals surface area contributed by atoms with E-state index < -0.39 is 0 Å². The number of rotatable bonds is 6. The summed E-state index contributed by atoms with van der Waals surface area (Å²) >= 11 is 0. The Balaban J connectivity index is 1.86. The van der Waals surface area contributed by atoms with E-state index in [4.69, 9.17) is 0 Å². The van der Waals surface area contributed by atoms with Gasteiger partial charge in [-0.15, -0.1) is 0 Å². The summed E-state index contributed by atoms with van der Waals surface area (Å²) in [6.45, 7) is 4.11. The minimum absolute atomic E-state index is 0.155. The molecule has 2 aromatic heterocycles. The van der Waals surface area contributed by atoms with Crippen LogP contribution < -0.4 is 11.2 Å². The lowest BCUT2D eigenvalue weighted by Gasteiger charge is -2.28. The van der Waals surface area contributed by atoms with Crippen LogP contribution in [-0.2, 0) is 19.6 Å². The Bertz CT molecular complexity index is 852. The molecule has 2 fully saturated rings. The first-order valence-electron chi connectivity index (χ1n) is 9.37. The molecule has 130 valence electrons. The number of aryl methyl sites for hydroxylation is 1. The van der Waals surface area contributed by atoms with Gasteiger partial charge in [-0.05, 0) is 43.9 Å². The maximum Gasteiger partial charge on any atom is 0.332 e. The second kappa shape index (κ2) is 6.22. The molecule has 0 N–H and O–H groups in total. The van der Waals surface area contributed by atoms with E-state index in [0.717, 1.165) is 25.8 Å². The Morgan fingerprint density at radius 3 is 2.21 bits per heavy atom. The van der Waals surface area contributed by atoms with Gasteiger partial charge in [-0.2, -0.15) is 0 Å². The molecule has 0 bridgehead atoms. The molecule has 0 spiro atoms. The number of nitrogens with zero attached hydrogens (tertiary/aromatic N) is 4. The zero-order valence-electron chi connectivity index (χ0n) is 14.4. The van der Waals surface area contributed by atoms with Gasteiger partial charge in [-0.25, -0.2) is 9.78 Å². The Morgan fingerprint density at radius 1 is 1.04 bits per heavy atom. The molecule has 2 aliphatic carbocycles. The van der Waals surface area contributed by atoms with Crippen molar-refractivity contribution in [1.82, 2.24) is 18.7 Å². The number of hydrogen-bond acceptors (Lipinski definition) is 3. The van der Waals surface area contributed by atoms with Gasteiger partial charge in [0.2, 0.25) is 0 Å². The van der Waals surface area contributed by atoms with Crippen LogP contribution in [0.25, 0.3) is 11.2 Å². The molecule has 2 aliphatic rings. The Kier molecular flexibility index (Phi) is 4.06. The summed E-state index contributed by atoms with van der Waals surface area (Å²) in [4.78, 5) is 30.4. The van der Waals surface area contributed by atoms with E-state index in [-0.39, 0.29) is 11.2 Å². The van der Waals surface area contributed by atoms with Crippen molar-refractivity contribution in [3.8, 4) is 0 Å². The van der Waals surface area contributed by atoms with E-state index in [9.17, 15) is 9.59 Å². The number of imidazole rings is 1. The molecule has 6 nitrogen and oxygen atoms in total. The summed E-state index contributed by atoms with van der Waals surface area (Å²) in [6, 6.07) is 0. The minimum Gasteiger partial charge on any atom is -0.325 e. The Hall–Kier alpha value is -1.85. The zero-order valence-corrected chi connectivity index (χ0v) is 14.4. The largest absolute Gasteiger partial charge is 0.332 e. The van der Waals surface area contributed by atoms with Crippen molar-refractivity contribution >= 4 is 11.2 Å².